The maximum absolute atomic E-state index is 12.9. The molecule has 172 valence electrons. The number of nitrogens with zero attached hydrogens (tertiary/aromatic N) is 2. The number of amides is 1. The Bertz CT molecular complexity index is 1140. The standard InChI is InChI=1S/C25H27N3O3S2/c1-4-20-22(24(30)31-3)23(17-8-5-7-16(2)13-17)28-18(15-33-25(28)27-20)14-21(29)26-11-10-19-9-6-12-32-19/h5-9,12-13,15,23H,4,10-11,14H2,1-3H3,(H,26,29)/t23-/m0/s1. The van der Waals surface area contributed by atoms with E-state index in [2.05, 4.69) is 17.4 Å². The molecule has 2 aliphatic rings. The number of fused-ring (bicyclic) bond motifs is 1. The summed E-state index contributed by atoms with van der Waals surface area (Å²) < 4.78 is 5.16. The molecule has 0 bridgehead atoms. The number of hydrogen-bond donors (Lipinski definition) is 1. The van der Waals surface area contributed by atoms with E-state index in [9.17, 15) is 9.59 Å². The molecule has 2 aliphatic heterocycles. The average Bonchev–Trinajstić information content (AvgIpc) is 3.47. The second kappa shape index (κ2) is 10.4. The Hall–Kier alpha value is -2.84. The van der Waals surface area contributed by atoms with Crippen molar-refractivity contribution in [1.82, 2.24) is 10.2 Å². The molecule has 0 unspecified atom stereocenters. The van der Waals surface area contributed by atoms with Gasteiger partial charge in [-0.05, 0) is 42.2 Å². The third-order valence-corrected chi connectivity index (χ3v) is 7.43. The number of aryl methyl sites for hydroxylation is 1. The molecule has 0 saturated carbocycles. The summed E-state index contributed by atoms with van der Waals surface area (Å²) in [6, 6.07) is 11.8. The molecular weight excluding hydrogens is 454 g/mol. The van der Waals surface area contributed by atoms with Crippen molar-refractivity contribution in [2.75, 3.05) is 13.7 Å². The lowest BCUT2D eigenvalue weighted by Crippen LogP contribution is -2.38. The van der Waals surface area contributed by atoms with Crippen molar-refractivity contribution in [1.29, 1.82) is 0 Å². The van der Waals surface area contributed by atoms with Gasteiger partial charge in [0, 0.05) is 17.1 Å². The van der Waals surface area contributed by atoms with E-state index in [0.717, 1.165) is 34.1 Å². The monoisotopic (exact) mass is 481 g/mol. The van der Waals surface area contributed by atoms with Crippen LogP contribution in [0.5, 0.6) is 0 Å². The Balaban J connectivity index is 1.59. The molecule has 0 saturated heterocycles. The molecule has 0 fully saturated rings. The molecule has 8 heteroatoms. The Labute approximate surface area is 202 Å². The minimum absolute atomic E-state index is 0.0486. The van der Waals surface area contributed by atoms with Crippen LogP contribution in [-0.2, 0) is 20.7 Å². The second-order valence-electron chi connectivity index (χ2n) is 7.87. The molecule has 1 atom stereocenters. The van der Waals surface area contributed by atoms with Crippen LogP contribution in [0.15, 0.2) is 69.1 Å². The van der Waals surface area contributed by atoms with Gasteiger partial charge in [0.05, 0.1) is 30.8 Å². The van der Waals surface area contributed by atoms with E-state index < -0.39 is 5.97 Å². The van der Waals surface area contributed by atoms with E-state index in [-0.39, 0.29) is 18.4 Å². The highest BCUT2D eigenvalue weighted by Crippen LogP contribution is 2.45. The van der Waals surface area contributed by atoms with Crippen LogP contribution in [0.3, 0.4) is 0 Å². The van der Waals surface area contributed by atoms with Crippen LogP contribution in [0.4, 0.5) is 0 Å². The van der Waals surface area contributed by atoms with Gasteiger partial charge < -0.3 is 15.0 Å². The summed E-state index contributed by atoms with van der Waals surface area (Å²) in [5.74, 6) is -0.440. The SMILES string of the molecule is CCC1=C(C(=O)OC)[C@H](c2cccc(C)c2)N2C(CC(=O)NCCc3cccs3)=CSC2=N1. The van der Waals surface area contributed by atoms with Crippen LogP contribution in [0.2, 0.25) is 0 Å². The normalized spacial score (nSPS) is 17.4. The van der Waals surface area contributed by atoms with Gasteiger partial charge >= 0.3 is 5.97 Å². The number of amidine groups is 1. The molecule has 0 aliphatic carbocycles. The van der Waals surface area contributed by atoms with Gasteiger partial charge in [0.15, 0.2) is 5.17 Å². The summed E-state index contributed by atoms with van der Waals surface area (Å²) in [4.78, 5) is 33.7. The van der Waals surface area contributed by atoms with E-state index in [0.29, 0.717) is 18.5 Å². The third kappa shape index (κ3) is 5.07. The first-order chi connectivity index (χ1) is 16.0. The minimum atomic E-state index is -0.391. The zero-order chi connectivity index (χ0) is 23.4. The highest BCUT2D eigenvalue weighted by Gasteiger charge is 2.41. The first-order valence-electron chi connectivity index (χ1n) is 10.9. The lowest BCUT2D eigenvalue weighted by molar-refractivity contribution is -0.136. The quantitative estimate of drug-likeness (QED) is 0.541. The summed E-state index contributed by atoms with van der Waals surface area (Å²) in [5, 5.41) is 7.81. The molecule has 2 aromatic rings. The molecule has 3 heterocycles. The second-order valence-corrected chi connectivity index (χ2v) is 9.74. The maximum atomic E-state index is 12.9. The Morgan fingerprint density at radius 1 is 1.24 bits per heavy atom. The minimum Gasteiger partial charge on any atom is -0.466 e. The lowest BCUT2D eigenvalue weighted by atomic mass is 9.92. The number of carbonyl (C=O) groups is 2. The van der Waals surface area contributed by atoms with Crippen LogP contribution in [-0.4, -0.2) is 35.6 Å². The van der Waals surface area contributed by atoms with E-state index in [1.807, 2.05) is 53.8 Å². The van der Waals surface area contributed by atoms with Gasteiger partial charge in [-0.15, -0.1) is 11.3 Å². The summed E-state index contributed by atoms with van der Waals surface area (Å²) in [6.45, 7) is 4.61. The third-order valence-electron chi connectivity index (χ3n) is 5.60. The lowest BCUT2D eigenvalue weighted by Gasteiger charge is -2.36. The topological polar surface area (TPSA) is 71.0 Å². The molecular formula is C25H27N3O3S2. The first kappa shape index (κ1) is 23.3. The number of thioether (sulfide) groups is 1. The van der Waals surface area contributed by atoms with Crippen molar-refractivity contribution in [3.8, 4) is 0 Å². The molecule has 6 nitrogen and oxygen atoms in total. The molecule has 33 heavy (non-hydrogen) atoms. The van der Waals surface area contributed by atoms with Crippen molar-refractivity contribution >= 4 is 40.1 Å². The molecule has 0 spiro atoms. The molecule has 4 rings (SSSR count). The first-order valence-corrected chi connectivity index (χ1v) is 12.7. The molecule has 1 amide bonds. The van der Waals surface area contributed by atoms with Gasteiger partial charge in [0.1, 0.15) is 0 Å². The number of carbonyl (C=O) groups excluding carboxylic acids is 2. The van der Waals surface area contributed by atoms with Crippen LogP contribution in [0.25, 0.3) is 0 Å². The predicted octanol–water partition coefficient (Wildman–Crippen LogP) is 4.94. The van der Waals surface area contributed by atoms with Crippen molar-refractivity contribution in [3.05, 3.63) is 80.2 Å². The van der Waals surface area contributed by atoms with Crippen LogP contribution < -0.4 is 5.32 Å². The van der Waals surface area contributed by atoms with Gasteiger partial charge in [0.25, 0.3) is 0 Å². The number of ether oxygens (including phenoxy) is 1. The van der Waals surface area contributed by atoms with Gasteiger partial charge in [-0.3, -0.25) is 4.79 Å². The van der Waals surface area contributed by atoms with Gasteiger partial charge in [-0.2, -0.15) is 0 Å². The zero-order valence-corrected chi connectivity index (χ0v) is 20.6. The van der Waals surface area contributed by atoms with Crippen molar-refractivity contribution in [2.24, 2.45) is 4.99 Å². The number of nitrogens with one attached hydrogen (secondary N) is 1. The number of hydrogen-bond acceptors (Lipinski definition) is 7. The van der Waals surface area contributed by atoms with E-state index in [1.165, 1.54) is 23.7 Å². The zero-order valence-electron chi connectivity index (χ0n) is 19.0. The van der Waals surface area contributed by atoms with Crippen molar-refractivity contribution < 1.29 is 14.3 Å². The number of aliphatic imine (C=N–C) groups is 1. The highest BCUT2D eigenvalue weighted by atomic mass is 32.2. The van der Waals surface area contributed by atoms with Crippen molar-refractivity contribution in [2.45, 2.75) is 39.2 Å². The van der Waals surface area contributed by atoms with E-state index in [1.54, 1.807) is 11.3 Å². The average molecular weight is 482 g/mol. The van der Waals surface area contributed by atoms with Gasteiger partial charge in [-0.25, -0.2) is 9.79 Å². The van der Waals surface area contributed by atoms with Crippen LogP contribution >= 0.6 is 23.1 Å². The van der Waals surface area contributed by atoms with Crippen LogP contribution in [0.1, 0.15) is 41.8 Å². The largest absolute Gasteiger partial charge is 0.466 e. The number of allylic oxidation sites excluding steroid dienone is 1. The number of methoxy groups -OCH3 is 1. The number of benzene rings is 1. The molecule has 1 aromatic carbocycles. The predicted molar refractivity (Wildman–Crippen MR) is 134 cm³/mol. The number of esters is 1. The fraction of sp³-hybridized carbons (Fsp3) is 0.320. The van der Waals surface area contributed by atoms with E-state index >= 15 is 0 Å². The Morgan fingerprint density at radius 2 is 2.09 bits per heavy atom. The summed E-state index contributed by atoms with van der Waals surface area (Å²) in [5.41, 5.74) is 4.15. The Morgan fingerprint density at radius 3 is 2.79 bits per heavy atom. The highest BCUT2D eigenvalue weighted by molar-refractivity contribution is 8.16. The molecule has 1 N–H and O–H groups in total. The number of thiophene rings is 1. The number of rotatable bonds is 8. The van der Waals surface area contributed by atoms with Gasteiger partial charge in [-0.1, -0.05) is 54.6 Å². The van der Waals surface area contributed by atoms with E-state index in [4.69, 9.17) is 9.73 Å². The molecule has 0 radical (unpaired) electrons. The summed E-state index contributed by atoms with van der Waals surface area (Å²) in [7, 11) is 1.39. The fourth-order valence-corrected chi connectivity index (χ4v) is 5.72. The van der Waals surface area contributed by atoms with Gasteiger partial charge in [0.2, 0.25) is 5.91 Å². The fourth-order valence-electron chi connectivity index (χ4n) is 4.07. The molecule has 1 aromatic heterocycles. The smallest absolute Gasteiger partial charge is 0.338 e. The van der Waals surface area contributed by atoms with Crippen LogP contribution in [0, 0.1) is 6.92 Å². The maximum Gasteiger partial charge on any atom is 0.338 e. The Kier molecular flexibility index (Phi) is 7.35. The summed E-state index contributed by atoms with van der Waals surface area (Å²) in [6.07, 6.45) is 1.65. The van der Waals surface area contributed by atoms with Crippen molar-refractivity contribution in [3.63, 3.8) is 0 Å². The summed E-state index contributed by atoms with van der Waals surface area (Å²) >= 11 is 3.18.